The molecule has 0 unspecified atom stereocenters. The molecule has 6 heteroatoms. The van der Waals surface area contributed by atoms with Crippen LogP contribution in [0.4, 0.5) is 0 Å². The molecule has 0 radical (unpaired) electrons. The zero-order valence-electron chi connectivity index (χ0n) is 17.9. The fourth-order valence-electron chi connectivity index (χ4n) is 4.19. The average molecular weight is 420 g/mol. The minimum absolute atomic E-state index is 0.323. The maximum Gasteiger partial charge on any atom is 0.337 e. The molecule has 0 amide bonds. The number of carbonyl (C=O) groups is 1. The second-order valence-corrected chi connectivity index (χ2v) is 7.94. The Morgan fingerprint density at radius 3 is 2.74 bits per heavy atom. The summed E-state index contributed by atoms with van der Waals surface area (Å²) in [5.74, 6) is 0.0806. The summed E-state index contributed by atoms with van der Waals surface area (Å²) in [5.41, 5.74) is 5.08. The predicted octanol–water partition coefficient (Wildman–Crippen LogP) is 4.26. The highest BCUT2D eigenvalue weighted by Gasteiger charge is 2.25. The number of benzene rings is 2. The lowest BCUT2D eigenvalue weighted by Crippen LogP contribution is -2.36. The number of aromatic amines is 1. The molecule has 0 spiro atoms. The number of H-pyrrole nitrogens is 1. The molecule has 31 heavy (non-hydrogen) atoms. The monoisotopic (exact) mass is 419 g/mol. The van der Waals surface area contributed by atoms with Gasteiger partial charge in [0.05, 0.1) is 32.1 Å². The number of hydrogen-bond acceptors (Lipinski definition) is 5. The maximum atomic E-state index is 11.7. The van der Waals surface area contributed by atoms with Crippen molar-refractivity contribution in [3.63, 3.8) is 0 Å². The Morgan fingerprint density at radius 2 is 1.97 bits per heavy atom. The summed E-state index contributed by atoms with van der Waals surface area (Å²) in [7, 11) is 1.39. The van der Waals surface area contributed by atoms with E-state index in [-0.39, 0.29) is 5.97 Å². The quantitative estimate of drug-likeness (QED) is 0.437. The number of aromatic nitrogens is 2. The first-order valence-corrected chi connectivity index (χ1v) is 10.8. The second-order valence-electron chi connectivity index (χ2n) is 7.94. The van der Waals surface area contributed by atoms with Crippen LogP contribution in [0.15, 0.2) is 60.8 Å². The van der Waals surface area contributed by atoms with Crippen LogP contribution in [0.2, 0.25) is 0 Å². The van der Waals surface area contributed by atoms with Crippen molar-refractivity contribution < 1.29 is 14.3 Å². The van der Waals surface area contributed by atoms with E-state index in [9.17, 15) is 4.79 Å². The van der Waals surface area contributed by atoms with E-state index in [4.69, 9.17) is 9.47 Å². The zero-order chi connectivity index (χ0) is 21.5. The molecule has 1 aromatic heterocycles. The molecule has 1 aliphatic rings. The summed E-state index contributed by atoms with van der Waals surface area (Å²) >= 11 is 0. The lowest BCUT2D eigenvalue weighted by molar-refractivity contribution is 0.0600. The van der Waals surface area contributed by atoms with Crippen LogP contribution in [0.5, 0.6) is 0 Å². The highest BCUT2D eigenvalue weighted by atomic mass is 16.5. The smallest absolute Gasteiger partial charge is 0.337 e. The van der Waals surface area contributed by atoms with E-state index >= 15 is 0 Å². The highest BCUT2D eigenvalue weighted by molar-refractivity contribution is 5.90. The third kappa shape index (κ3) is 5.40. The first-order chi connectivity index (χ1) is 15.2. The van der Waals surface area contributed by atoms with Crippen LogP contribution < -0.4 is 0 Å². The molecular weight excluding hydrogens is 390 g/mol. The first kappa shape index (κ1) is 21.3. The van der Waals surface area contributed by atoms with Gasteiger partial charge in [0.1, 0.15) is 0 Å². The third-order valence-electron chi connectivity index (χ3n) is 5.86. The van der Waals surface area contributed by atoms with Gasteiger partial charge in [0.2, 0.25) is 0 Å². The zero-order valence-corrected chi connectivity index (χ0v) is 17.9. The average Bonchev–Trinajstić information content (AvgIpc) is 3.32. The first-order valence-electron chi connectivity index (χ1n) is 10.8. The van der Waals surface area contributed by atoms with Gasteiger partial charge in [-0.1, -0.05) is 42.5 Å². The van der Waals surface area contributed by atoms with Gasteiger partial charge < -0.3 is 14.4 Å². The van der Waals surface area contributed by atoms with E-state index in [1.54, 1.807) is 12.1 Å². The van der Waals surface area contributed by atoms with Crippen molar-refractivity contribution in [2.75, 3.05) is 33.4 Å². The lowest BCUT2D eigenvalue weighted by atomic mass is 9.90. The van der Waals surface area contributed by atoms with Crippen molar-refractivity contribution in [2.24, 2.45) is 0 Å². The van der Waals surface area contributed by atoms with Crippen LogP contribution in [0.25, 0.3) is 11.1 Å². The number of nitrogens with one attached hydrogen (secondary N) is 1. The minimum atomic E-state index is -0.323. The molecule has 6 nitrogen and oxygen atoms in total. The van der Waals surface area contributed by atoms with Crippen LogP contribution >= 0.6 is 0 Å². The van der Waals surface area contributed by atoms with Gasteiger partial charge in [-0.05, 0) is 42.6 Å². The van der Waals surface area contributed by atoms with E-state index < -0.39 is 0 Å². The molecule has 0 aliphatic carbocycles. The van der Waals surface area contributed by atoms with E-state index in [1.165, 1.54) is 18.4 Å². The van der Waals surface area contributed by atoms with Crippen molar-refractivity contribution in [3.8, 4) is 11.1 Å². The number of piperidine rings is 1. The van der Waals surface area contributed by atoms with Crippen LogP contribution in [-0.4, -0.2) is 54.4 Å². The molecule has 1 fully saturated rings. The SMILES string of the molecule is COC(=O)c1ccc(-c2cn[nH]c2[C@@H]2CCCN(CCOCc3ccccc3)C2)cc1. The number of likely N-dealkylation sites (tertiary alicyclic amines) is 1. The van der Waals surface area contributed by atoms with Gasteiger partial charge in [0.25, 0.3) is 0 Å². The van der Waals surface area contributed by atoms with E-state index in [0.29, 0.717) is 18.1 Å². The predicted molar refractivity (Wildman–Crippen MR) is 120 cm³/mol. The second kappa shape index (κ2) is 10.4. The molecule has 0 bridgehead atoms. The fourth-order valence-corrected chi connectivity index (χ4v) is 4.19. The van der Waals surface area contributed by atoms with Crippen LogP contribution in [-0.2, 0) is 16.1 Å². The molecule has 1 saturated heterocycles. The topological polar surface area (TPSA) is 67.5 Å². The van der Waals surface area contributed by atoms with Gasteiger partial charge >= 0.3 is 5.97 Å². The Morgan fingerprint density at radius 1 is 1.16 bits per heavy atom. The molecule has 2 heterocycles. The number of ether oxygens (including phenoxy) is 2. The van der Waals surface area contributed by atoms with Crippen molar-refractivity contribution in [2.45, 2.75) is 25.4 Å². The summed E-state index contributed by atoms with van der Waals surface area (Å²) < 4.78 is 10.7. The van der Waals surface area contributed by atoms with Crippen molar-refractivity contribution in [3.05, 3.63) is 77.6 Å². The number of methoxy groups -OCH3 is 1. The Bertz CT molecular complexity index is 969. The molecule has 0 saturated carbocycles. The Balaban J connectivity index is 1.34. The Labute approximate surface area is 183 Å². The Hall–Kier alpha value is -2.96. The number of nitrogens with zero attached hydrogens (tertiary/aromatic N) is 2. The van der Waals surface area contributed by atoms with Gasteiger partial charge in [-0.15, -0.1) is 0 Å². The van der Waals surface area contributed by atoms with Crippen molar-refractivity contribution >= 4 is 5.97 Å². The molecule has 1 atom stereocenters. The molecule has 1 aliphatic heterocycles. The number of esters is 1. The van der Waals surface area contributed by atoms with E-state index in [2.05, 4.69) is 27.2 Å². The van der Waals surface area contributed by atoms with Crippen molar-refractivity contribution in [1.29, 1.82) is 0 Å². The van der Waals surface area contributed by atoms with Crippen LogP contribution in [0.3, 0.4) is 0 Å². The molecular formula is C25H29N3O3. The van der Waals surface area contributed by atoms with Gasteiger partial charge in [0, 0.05) is 30.3 Å². The summed E-state index contributed by atoms with van der Waals surface area (Å²) in [5, 5.41) is 7.55. The minimum Gasteiger partial charge on any atom is -0.465 e. The van der Waals surface area contributed by atoms with Crippen LogP contribution in [0, 0.1) is 0 Å². The summed E-state index contributed by atoms with van der Waals surface area (Å²) in [6.45, 7) is 4.41. The van der Waals surface area contributed by atoms with Gasteiger partial charge in [-0.25, -0.2) is 4.79 Å². The summed E-state index contributed by atoms with van der Waals surface area (Å²) in [4.78, 5) is 14.2. The Kier molecular flexibility index (Phi) is 7.12. The molecule has 4 rings (SSSR count). The van der Waals surface area contributed by atoms with Gasteiger partial charge in [-0.2, -0.15) is 5.10 Å². The third-order valence-corrected chi connectivity index (χ3v) is 5.86. The van der Waals surface area contributed by atoms with E-state index in [0.717, 1.165) is 50.2 Å². The summed E-state index contributed by atoms with van der Waals surface area (Å²) in [6.07, 6.45) is 4.17. The molecule has 162 valence electrons. The molecule has 2 aromatic carbocycles. The van der Waals surface area contributed by atoms with Gasteiger partial charge in [-0.3, -0.25) is 5.10 Å². The maximum absolute atomic E-state index is 11.7. The molecule has 1 N–H and O–H groups in total. The van der Waals surface area contributed by atoms with Crippen LogP contribution in [0.1, 0.15) is 40.4 Å². The summed E-state index contributed by atoms with van der Waals surface area (Å²) in [6, 6.07) is 17.8. The normalized spacial score (nSPS) is 16.9. The van der Waals surface area contributed by atoms with E-state index in [1.807, 2.05) is 36.5 Å². The highest BCUT2D eigenvalue weighted by Crippen LogP contribution is 2.33. The largest absolute Gasteiger partial charge is 0.465 e. The molecule has 3 aromatic rings. The number of rotatable bonds is 8. The lowest BCUT2D eigenvalue weighted by Gasteiger charge is -2.32. The van der Waals surface area contributed by atoms with Crippen molar-refractivity contribution in [1.82, 2.24) is 15.1 Å². The number of hydrogen-bond donors (Lipinski definition) is 1. The fraction of sp³-hybridized carbons (Fsp3) is 0.360. The number of carbonyl (C=O) groups excluding carboxylic acids is 1. The standard InChI is InChI=1S/C25H29N3O3/c1-30-25(29)21-11-9-20(10-12-21)23-16-26-27-24(23)22-8-5-13-28(17-22)14-15-31-18-19-6-3-2-4-7-19/h2-4,6-7,9-12,16,22H,5,8,13-15,17-18H2,1H3,(H,26,27)/t22-/m1/s1. The van der Waals surface area contributed by atoms with Gasteiger partial charge in [0.15, 0.2) is 0 Å².